The summed E-state index contributed by atoms with van der Waals surface area (Å²) < 4.78 is 0. The monoisotopic (exact) mass is 208 g/mol. The minimum absolute atomic E-state index is 0.119. The molecule has 0 spiro atoms. The Morgan fingerprint density at radius 3 is 2.47 bits per heavy atom. The van der Waals surface area contributed by atoms with Crippen molar-refractivity contribution in [3.05, 3.63) is 24.3 Å². The van der Waals surface area contributed by atoms with Crippen LogP contribution in [0.15, 0.2) is 18.7 Å². The minimum atomic E-state index is -0.368. The van der Waals surface area contributed by atoms with Gasteiger partial charge in [0.1, 0.15) is 6.33 Å². The highest BCUT2D eigenvalue weighted by atomic mass is 16.2. The van der Waals surface area contributed by atoms with Crippen molar-refractivity contribution in [3.8, 4) is 0 Å². The molecule has 0 aromatic carbocycles. The van der Waals surface area contributed by atoms with Gasteiger partial charge in [0.2, 0.25) is 0 Å². The maximum Gasteiger partial charge on any atom is 0.257 e. The van der Waals surface area contributed by atoms with Crippen molar-refractivity contribution in [3.63, 3.8) is 0 Å². The summed E-state index contributed by atoms with van der Waals surface area (Å²) in [6.45, 7) is 4.23. The van der Waals surface area contributed by atoms with Crippen molar-refractivity contribution < 1.29 is 4.79 Å². The van der Waals surface area contributed by atoms with Crippen LogP contribution in [0.2, 0.25) is 0 Å². The molecular formula is C10H16N4O. The quantitative estimate of drug-likeness (QED) is 0.774. The van der Waals surface area contributed by atoms with E-state index < -0.39 is 0 Å². The normalized spacial score (nSPS) is 11.2. The highest BCUT2D eigenvalue weighted by Crippen LogP contribution is 2.13. The SMILES string of the molecule is CN(C(=O)c1cncnc1)C(C)(C)CN. The average Bonchev–Trinajstić information content (AvgIpc) is 2.28. The number of carbonyl (C=O) groups is 1. The number of nitrogens with zero attached hydrogens (tertiary/aromatic N) is 3. The van der Waals surface area contributed by atoms with Crippen molar-refractivity contribution in [2.24, 2.45) is 5.73 Å². The number of hydrogen-bond acceptors (Lipinski definition) is 4. The molecule has 82 valence electrons. The summed E-state index contributed by atoms with van der Waals surface area (Å²) in [4.78, 5) is 21.2. The molecular weight excluding hydrogens is 192 g/mol. The molecule has 0 saturated carbocycles. The number of carbonyl (C=O) groups excluding carboxylic acids is 1. The van der Waals surface area contributed by atoms with Gasteiger partial charge in [-0.1, -0.05) is 0 Å². The lowest BCUT2D eigenvalue weighted by Crippen LogP contribution is -2.50. The number of rotatable bonds is 3. The molecule has 2 N–H and O–H groups in total. The third-order valence-corrected chi connectivity index (χ3v) is 2.52. The molecule has 5 nitrogen and oxygen atoms in total. The van der Waals surface area contributed by atoms with Crippen LogP contribution in [0.3, 0.4) is 0 Å². The summed E-state index contributed by atoms with van der Waals surface area (Å²) in [6, 6.07) is 0. The number of hydrogen-bond donors (Lipinski definition) is 1. The fourth-order valence-electron chi connectivity index (χ4n) is 1.02. The van der Waals surface area contributed by atoms with E-state index in [9.17, 15) is 4.79 Å². The first-order valence-electron chi connectivity index (χ1n) is 4.72. The predicted molar refractivity (Wildman–Crippen MR) is 57.3 cm³/mol. The molecule has 0 aliphatic heterocycles. The second kappa shape index (κ2) is 4.35. The van der Waals surface area contributed by atoms with Crippen molar-refractivity contribution in [1.29, 1.82) is 0 Å². The summed E-state index contributed by atoms with van der Waals surface area (Å²) >= 11 is 0. The first kappa shape index (κ1) is 11.6. The van der Waals surface area contributed by atoms with Crippen LogP contribution in [-0.4, -0.2) is 39.9 Å². The summed E-state index contributed by atoms with van der Waals surface area (Å²) in [5.74, 6) is -0.119. The Kier molecular flexibility index (Phi) is 3.36. The Balaban J connectivity index is 2.87. The molecule has 1 heterocycles. The number of amides is 1. The van der Waals surface area contributed by atoms with Crippen molar-refractivity contribution in [2.45, 2.75) is 19.4 Å². The smallest absolute Gasteiger partial charge is 0.257 e. The summed E-state index contributed by atoms with van der Waals surface area (Å²) in [7, 11) is 1.72. The standard InChI is InChI=1S/C10H16N4O/c1-10(2,6-11)14(3)9(15)8-4-12-7-13-5-8/h4-5,7H,6,11H2,1-3H3. The van der Waals surface area contributed by atoms with Crippen molar-refractivity contribution >= 4 is 5.91 Å². The van der Waals surface area contributed by atoms with Gasteiger partial charge in [-0.05, 0) is 13.8 Å². The Morgan fingerprint density at radius 1 is 1.47 bits per heavy atom. The van der Waals surface area contributed by atoms with Gasteiger partial charge in [0, 0.05) is 31.5 Å². The average molecular weight is 208 g/mol. The lowest BCUT2D eigenvalue weighted by Gasteiger charge is -2.34. The summed E-state index contributed by atoms with van der Waals surface area (Å²) in [6.07, 6.45) is 4.39. The van der Waals surface area contributed by atoms with Gasteiger partial charge >= 0.3 is 0 Å². The second-order valence-electron chi connectivity index (χ2n) is 4.01. The molecule has 0 fully saturated rings. The zero-order valence-electron chi connectivity index (χ0n) is 9.27. The van der Waals surface area contributed by atoms with E-state index in [1.165, 1.54) is 18.7 Å². The van der Waals surface area contributed by atoms with Gasteiger partial charge in [-0.3, -0.25) is 4.79 Å². The maximum absolute atomic E-state index is 11.9. The largest absolute Gasteiger partial charge is 0.335 e. The number of likely N-dealkylation sites (N-methyl/N-ethyl adjacent to an activating group) is 1. The number of nitrogens with two attached hydrogens (primary N) is 1. The molecule has 0 atom stereocenters. The molecule has 0 aliphatic carbocycles. The van der Waals surface area contributed by atoms with E-state index in [1.807, 2.05) is 13.8 Å². The topological polar surface area (TPSA) is 72.1 Å². The van der Waals surface area contributed by atoms with Crippen LogP contribution in [0.4, 0.5) is 0 Å². The summed E-state index contributed by atoms with van der Waals surface area (Å²) in [5, 5.41) is 0. The predicted octanol–water partition coefficient (Wildman–Crippen LogP) is 0.286. The van der Waals surface area contributed by atoms with Gasteiger partial charge in [0.25, 0.3) is 5.91 Å². The van der Waals surface area contributed by atoms with Gasteiger partial charge in [0.05, 0.1) is 5.56 Å². The van der Waals surface area contributed by atoms with Gasteiger partial charge in [-0.2, -0.15) is 0 Å². The molecule has 5 heteroatoms. The van der Waals surface area contributed by atoms with Crippen LogP contribution < -0.4 is 5.73 Å². The fourth-order valence-corrected chi connectivity index (χ4v) is 1.02. The van der Waals surface area contributed by atoms with Crippen molar-refractivity contribution in [2.75, 3.05) is 13.6 Å². The highest BCUT2D eigenvalue weighted by molar-refractivity contribution is 5.93. The van der Waals surface area contributed by atoms with E-state index in [4.69, 9.17) is 5.73 Å². The fraction of sp³-hybridized carbons (Fsp3) is 0.500. The Hall–Kier alpha value is -1.49. The van der Waals surface area contributed by atoms with E-state index in [0.717, 1.165) is 0 Å². The molecule has 0 aliphatic rings. The minimum Gasteiger partial charge on any atom is -0.335 e. The van der Waals surface area contributed by atoms with Crippen LogP contribution in [0.1, 0.15) is 24.2 Å². The van der Waals surface area contributed by atoms with Crippen molar-refractivity contribution in [1.82, 2.24) is 14.9 Å². The number of aromatic nitrogens is 2. The molecule has 0 unspecified atom stereocenters. The molecule has 1 aromatic rings. The van der Waals surface area contributed by atoms with E-state index in [0.29, 0.717) is 12.1 Å². The van der Waals surface area contributed by atoms with E-state index in [1.54, 1.807) is 11.9 Å². The molecule has 0 saturated heterocycles. The van der Waals surface area contributed by atoms with E-state index in [-0.39, 0.29) is 11.4 Å². The first-order valence-corrected chi connectivity index (χ1v) is 4.72. The maximum atomic E-state index is 11.9. The second-order valence-corrected chi connectivity index (χ2v) is 4.01. The molecule has 1 amide bonds. The molecule has 1 rings (SSSR count). The van der Waals surface area contributed by atoms with Crippen LogP contribution in [0.5, 0.6) is 0 Å². The van der Waals surface area contributed by atoms with Crippen LogP contribution in [0.25, 0.3) is 0 Å². The lowest BCUT2D eigenvalue weighted by molar-refractivity contribution is 0.0639. The van der Waals surface area contributed by atoms with Crippen LogP contribution >= 0.6 is 0 Å². The van der Waals surface area contributed by atoms with Crippen LogP contribution in [-0.2, 0) is 0 Å². The lowest BCUT2D eigenvalue weighted by atomic mass is 10.0. The Bertz CT molecular complexity index is 337. The highest BCUT2D eigenvalue weighted by Gasteiger charge is 2.26. The molecule has 1 aromatic heterocycles. The zero-order chi connectivity index (χ0) is 11.5. The molecule has 15 heavy (non-hydrogen) atoms. The van der Waals surface area contributed by atoms with Crippen LogP contribution in [0, 0.1) is 0 Å². The Morgan fingerprint density at radius 2 is 2.00 bits per heavy atom. The van der Waals surface area contributed by atoms with Gasteiger partial charge in [-0.15, -0.1) is 0 Å². The van der Waals surface area contributed by atoms with Gasteiger partial charge < -0.3 is 10.6 Å². The zero-order valence-corrected chi connectivity index (χ0v) is 9.27. The molecule has 0 bridgehead atoms. The molecule has 0 radical (unpaired) electrons. The summed E-state index contributed by atoms with van der Waals surface area (Å²) in [5.41, 5.74) is 5.70. The van der Waals surface area contributed by atoms with Gasteiger partial charge in [0.15, 0.2) is 0 Å². The van der Waals surface area contributed by atoms with E-state index >= 15 is 0 Å². The third-order valence-electron chi connectivity index (χ3n) is 2.52. The first-order chi connectivity index (χ1) is 6.99. The van der Waals surface area contributed by atoms with E-state index in [2.05, 4.69) is 9.97 Å². The Labute approximate surface area is 89.3 Å². The van der Waals surface area contributed by atoms with Gasteiger partial charge in [-0.25, -0.2) is 9.97 Å². The third kappa shape index (κ3) is 2.50.